The van der Waals surface area contributed by atoms with Gasteiger partial charge in [0, 0.05) is 22.8 Å². The number of carboxylic acid groups (broad SMARTS) is 1. The van der Waals surface area contributed by atoms with Crippen LogP contribution in [0.25, 0.3) is 0 Å². The quantitative estimate of drug-likeness (QED) is 0.866. The minimum atomic E-state index is -0.838. The van der Waals surface area contributed by atoms with Crippen LogP contribution in [0.5, 0.6) is 0 Å². The molecule has 0 aliphatic heterocycles. The largest absolute Gasteiger partial charge is 0.478 e. The van der Waals surface area contributed by atoms with Crippen molar-refractivity contribution in [3.05, 3.63) is 21.9 Å². The molecule has 0 spiro atoms. The van der Waals surface area contributed by atoms with E-state index in [1.54, 1.807) is 11.4 Å². The monoisotopic (exact) mass is 253 g/mol. The minimum absolute atomic E-state index is 0.401. The number of thiophene rings is 1. The summed E-state index contributed by atoms with van der Waals surface area (Å²) in [6, 6.07) is 2.35. The number of aromatic carboxylic acids is 1. The van der Waals surface area contributed by atoms with Gasteiger partial charge in [0.1, 0.15) is 0 Å². The molecule has 0 radical (unpaired) electrons. The Kier molecular flexibility index (Phi) is 3.54. The van der Waals surface area contributed by atoms with E-state index >= 15 is 0 Å². The number of carboxylic acids is 1. The molecule has 1 heterocycles. The van der Waals surface area contributed by atoms with E-state index in [0.717, 1.165) is 11.4 Å². The topological polar surface area (TPSA) is 49.3 Å². The summed E-state index contributed by atoms with van der Waals surface area (Å²) in [6.07, 6.45) is 3.71. The number of rotatable bonds is 4. The lowest BCUT2D eigenvalue weighted by atomic mass is 9.92. The van der Waals surface area contributed by atoms with Gasteiger partial charge in [-0.3, -0.25) is 0 Å². The second kappa shape index (κ2) is 4.78. The van der Waals surface area contributed by atoms with Gasteiger partial charge in [-0.1, -0.05) is 13.8 Å². The van der Waals surface area contributed by atoms with Crippen molar-refractivity contribution in [1.29, 1.82) is 0 Å². The van der Waals surface area contributed by atoms with E-state index in [9.17, 15) is 4.79 Å². The second-order valence-corrected chi connectivity index (χ2v) is 6.59. The molecule has 0 amide bonds. The predicted molar refractivity (Wildman–Crippen MR) is 69.5 cm³/mol. The third kappa shape index (κ3) is 3.30. The molecule has 2 N–H and O–H groups in total. The van der Waals surface area contributed by atoms with Gasteiger partial charge in [0.25, 0.3) is 0 Å². The maximum absolute atomic E-state index is 10.7. The molecule has 1 saturated carbocycles. The number of hydrogen-bond acceptors (Lipinski definition) is 3. The molecule has 3 nitrogen and oxygen atoms in total. The van der Waals surface area contributed by atoms with Crippen molar-refractivity contribution >= 4 is 17.3 Å². The molecule has 17 heavy (non-hydrogen) atoms. The van der Waals surface area contributed by atoms with Crippen LogP contribution in [0, 0.1) is 5.41 Å². The van der Waals surface area contributed by atoms with Crippen molar-refractivity contribution in [1.82, 2.24) is 5.32 Å². The molecule has 2 rings (SSSR count). The molecule has 0 saturated heterocycles. The van der Waals surface area contributed by atoms with Crippen molar-refractivity contribution in [2.75, 3.05) is 0 Å². The van der Waals surface area contributed by atoms with Crippen LogP contribution in [-0.2, 0) is 6.54 Å². The normalized spacial score (nSPS) is 22.8. The standard InChI is InChI=1S/C13H19NO2S/c1-13(2)4-3-10(6-13)14-7-11-5-9(8-17-11)12(15)16/h5,8,10,14H,3-4,6-7H2,1-2H3,(H,15,16). The molecule has 4 heteroatoms. The fourth-order valence-corrected chi connectivity index (χ4v) is 3.25. The summed E-state index contributed by atoms with van der Waals surface area (Å²) < 4.78 is 0. The van der Waals surface area contributed by atoms with Gasteiger partial charge in [0.15, 0.2) is 0 Å². The van der Waals surface area contributed by atoms with Crippen LogP contribution in [0.2, 0.25) is 0 Å². The van der Waals surface area contributed by atoms with Gasteiger partial charge >= 0.3 is 5.97 Å². The van der Waals surface area contributed by atoms with E-state index in [4.69, 9.17) is 5.11 Å². The van der Waals surface area contributed by atoms with Gasteiger partial charge in [0.05, 0.1) is 5.56 Å². The van der Waals surface area contributed by atoms with Crippen LogP contribution in [-0.4, -0.2) is 17.1 Å². The molecular weight excluding hydrogens is 234 g/mol. The summed E-state index contributed by atoms with van der Waals surface area (Å²) in [7, 11) is 0. The van der Waals surface area contributed by atoms with E-state index < -0.39 is 5.97 Å². The Morgan fingerprint density at radius 3 is 2.94 bits per heavy atom. The maximum Gasteiger partial charge on any atom is 0.336 e. The van der Waals surface area contributed by atoms with E-state index in [-0.39, 0.29) is 0 Å². The summed E-state index contributed by atoms with van der Waals surface area (Å²) in [6.45, 7) is 5.41. The van der Waals surface area contributed by atoms with Crippen LogP contribution in [0.1, 0.15) is 48.3 Å². The highest BCUT2D eigenvalue weighted by atomic mass is 32.1. The van der Waals surface area contributed by atoms with E-state index in [0.29, 0.717) is 17.0 Å². The lowest BCUT2D eigenvalue weighted by Gasteiger charge is -2.17. The molecule has 1 atom stereocenters. The predicted octanol–water partition coefficient (Wildman–Crippen LogP) is 3.11. The zero-order valence-electron chi connectivity index (χ0n) is 10.3. The van der Waals surface area contributed by atoms with Crippen LogP contribution in [0.4, 0.5) is 0 Å². The molecule has 0 aromatic carbocycles. The average molecular weight is 253 g/mol. The van der Waals surface area contributed by atoms with Gasteiger partial charge < -0.3 is 10.4 Å². The summed E-state index contributed by atoms with van der Waals surface area (Å²) in [4.78, 5) is 11.8. The first-order chi connectivity index (χ1) is 7.96. The average Bonchev–Trinajstić information content (AvgIpc) is 2.81. The van der Waals surface area contributed by atoms with E-state index in [1.807, 2.05) is 0 Å². The summed E-state index contributed by atoms with van der Waals surface area (Å²) >= 11 is 1.52. The second-order valence-electron chi connectivity index (χ2n) is 5.59. The number of hydrogen-bond donors (Lipinski definition) is 2. The van der Waals surface area contributed by atoms with Gasteiger partial charge in [-0.25, -0.2) is 4.79 Å². The highest BCUT2D eigenvalue weighted by Gasteiger charge is 2.30. The van der Waals surface area contributed by atoms with Crippen molar-refractivity contribution < 1.29 is 9.90 Å². The SMILES string of the molecule is CC1(C)CCC(NCc2cc(C(=O)O)cs2)C1. The number of nitrogens with one attached hydrogen (secondary N) is 1. The summed E-state index contributed by atoms with van der Waals surface area (Å²) in [5.74, 6) is -0.838. The lowest BCUT2D eigenvalue weighted by molar-refractivity contribution is 0.0697. The molecule has 1 aromatic rings. The van der Waals surface area contributed by atoms with Crippen molar-refractivity contribution in [3.63, 3.8) is 0 Å². The van der Waals surface area contributed by atoms with Gasteiger partial charge in [-0.05, 0) is 30.7 Å². The van der Waals surface area contributed by atoms with Crippen molar-refractivity contribution in [2.45, 2.75) is 45.7 Å². The highest BCUT2D eigenvalue weighted by molar-refractivity contribution is 7.10. The smallest absolute Gasteiger partial charge is 0.336 e. The lowest BCUT2D eigenvalue weighted by Crippen LogP contribution is -2.26. The van der Waals surface area contributed by atoms with Gasteiger partial charge in [-0.2, -0.15) is 0 Å². The third-order valence-electron chi connectivity index (χ3n) is 3.43. The number of carbonyl (C=O) groups is 1. The third-order valence-corrected chi connectivity index (χ3v) is 4.37. The molecule has 1 aromatic heterocycles. The first kappa shape index (κ1) is 12.6. The zero-order chi connectivity index (χ0) is 12.5. The van der Waals surface area contributed by atoms with Crippen LogP contribution in [0.15, 0.2) is 11.4 Å². The van der Waals surface area contributed by atoms with Gasteiger partial charge in [-0.15, -0.1) is 11.3 Å². The van der Waals surface area contributed by atoms with E-state index in [1.165, 1.54) is 30.6 Å². The van der Waals surface area contributed by atoms with E-state index in [2.05, 4.69) is 19.2 Å². The maximum atomic E-state index is 10.7. The Morgan fingerprint density at radius 2 is 2.41 bits per heavy atom. The molecule has 0 bridgehead atoms. The highest BCUT2D eigenvalue weighted by Crippen LogP contribution is 2.37. The van der Waals surface area contributed by atoms with Gasteiger partial charge in [0.2, 0.25) is 0 Å². The molecule has 94 valence electrons. The zero-order valence-corrected chi connectivity index (χ0v) is 11.1. The Morgan fingerprint density at radius 1 is 1.65 bits per heavy atom. The molecule has 1 fully saturated rings. The Balaban J connectivity index is 1.84. The minimum Gasteiger partial charge on any atom is -0.478 e. The Labute approximate surface area is 106 Å². The fraction of sp³-hybridized carbons (Fsp3) is 0.615. The molecular formula is C13H19NO2S. The molecule has 1 unspecified atom stereocenters. The van der Waals surface area contributed by atoms with Crippen molar-refractivity contribution in [3.8, 4) is 0 Å². The summed E-state index contributed by atoms with van der Waals surface area (Å²) in [5, 5.41) is 14.1. The Hall–Kier alpha value is -0.870. The van der Waals surface area contributed by atoms with Crippen LogP contribution >= 0.6 is 11.3 Å². The van der Waals surface area contributed by atoms with Crippen LogP contribution < -0.4 is 5.32 Å². The summed E-state index contributed by atoms with van der Waals surface area (Å²) in [5.41, 5.74) is 0.859. The van der Waals surface area contributed by atoms with Crippen molar-refractivity contribution in [2.24, 2.45) is 5.41 Å². The first-order valence-electron chi connectivity index (χ1n) is 6.00. The van der Waals surface area contributed by atoms with Crippen LogP contribution in [0.3, 0.4) is 0 Å². The Bertz CT molecular complexity index is 411. The fourth-order valence-electron chi connectivity index (χ4n) is 2.44. The first-order valence-corrected chi connectivity index (χ1v) is 6.88. The molecule has 1 aliphatic carbocycles. The molecule has 1 aliphatic rings.